The summed E-state index contributed by atoms with van der Waals surface area (Å²) in [5.41, 5.74) is 11.3. The van der Waals surface area contributed by atoms with E-state index in [4.69, 9.17) is 16.2 Å². The van der Waals surface area contributed by atoms with Gasteiger partial charge in [-0.2, -0.15) is 0 Å². The fourth-order valence-electron chi connectivity index (χ4n) is 1.10. The van der Waals surface area contributed by atoms with Crippen LogP contribution in [-0.2, 0) is 16.1 Å². The summed E-state index contributed by atoms with van der Waals surface area (Å²) in [5.74, 6) is -1.30. The zero-order chi connectivity index (χ0) is 13.9. The SMILES string of the molecule is CC(Br)(C(N)=O)C(=O)Oc1ccc(Br)cc1CN. The molecule has 0 bridgehead atoms. The lowest BCUT2D eigenvalue weighted by atomic mass is 10.1. The van der Waals surface area contributed by atoms with Gasteiger partial charge in [0, 0.05) is 16.6 Å². The van der Waals surface area contributed by atoms with Gasteiger partial charge in [0.25, 0.3) is 0 Å². The van der Waals surface area contributed by atoms with Crippen LogP contribution in [0.5, 0.6) is 5.75 Å². The number of hydrogen-bond acceptors (Lipinski definition) is 4. The summed E-state index contributed by atoms with van der Waals surface area (Å²) in [6, 6.07) is 5.03. The number of amides is 1. The number of benzene rings is 1. The minimum absolute atomic E-state index is 0.206. The summed E-state index contributed by atoms with van der Waals surface area (Å²) in [6.45, 7) is 1.54. The van der Waals surface area contributed by atoms with Crippen LogP contribution in [0, 0.1) is 0 Å². The van der Waals surface area contributed by atoms with Gasteiger partial charge >= 0.3 is 5.97 Å². The Morgan fingerprint density at radius 1 is 1.44 bits per heavy atom. The van der Waals surface area contributed by atoms with E-state index in [2.05, 4.69) is 31.9 Å². The van der Waals surface area contributed by atoms with Gasteiger partial charge in [0.1, 0.15) is 5.75 Å². The van der Waals surface area contributed by atoms with E-state index >= 15 is 0 Å². The third-order valence-corrected chi connectivity index (χ3v) is 3.50. The summed E-state index contributed by atoms with van der Waals surface area (Å²) in [4.78, 5) is 22.9. The molecule has 0 aliphatic rings. The van der Waals surface area contributed by atoms with Crippen molar-refractivity contribution in [3.05, 3.63) is 28.2 Å². The van der Waals surface area contributed by atoms with E-state index in [1.807, 2.05) is 0 Å². The number of ether oxygens (including phenoxy) is 1. The molecule has 0 saturated heterocycles. The highest BCUT2D eigenvalue weighted by Gasteiger charge is 2.39. The van der Waals surface area contributed by atoms with Crippen molar-refractivity contribution in [1.29, 1.82) is 0 Å². The van der Waals surface area contributed by atoms with Gasteiger partial charge < -0.3 is 16.2 Å². The van der Waals surface area contributed by atoms with Gasteiger partial charge in [-0.05, 0) is 25.1 Å². The Hall–Kier alpha value is -0.920. The first-order valence-electron chi connectivity index (χ1n) is 4.98. The zero-order valence-corrected chi connectivity index (χ0v) is 12.7. The predicted molar refractivity (Wildman–Crippen MR) is 74.2 cm³/mol. The standard InChI is InChI=1S/C11H12Br2N2O3/c1-11(13,9(15)16)10(17)18-8-3-2-7(12)4-6(8)5-14/h2-4H,5,14H2,1H3,(H2,15,16). The molecule has 0 heterocycles. The molecule has 18 heavy (non-hydrogen) atoms. The van der Waals surface area contributed by atoms with E-state index in [0.29, 0.717) is 11.3 Å². The third kappa shape index (κ3) is 3.30. The fraction of sp³-hybridized carbons (Fsp3) is 0.273. The highest BCUT2D eigenvalue weighted by Crippen LogP contribution is 2.26. The smallest absolute Gasteiger partial charge is 0.337 e. The second-order valence-electron chi connectivity index (χ2n) is 3.71. The van der Waals surface area contributed by atoms with Crippen LogP contribution in [0.1, 0.15) is 12.5 Å². The zero-order valence-electron chi connectivity index (χ0n) is 9.57. The quantitative estimate of drug-likeness (QED) is 0.358. The normalized spacial score (nSPS) is 13.8. The molecule has 7 heteroatoms. The Morgan fingerprint density at radius 3 is 2.56 bits per heavy atom. The van der Waals surface area contributed by atoms with E-state index < -0.39 is 16.2 Å². The van der Waals surface area contributed by atoms with Crippen molar-refractivity contribution < 1.29 is 14.3 Å². The molecule has 0 saturated carbocycles. The van der Waals surface area contributed by atoms with E-state index in [1.54, 1.807) is 18.2 Å². The van der Waals surface area contributed by atoms with Crippen LogP contribution in [-0.4, -0.2) is 16.2 Å². The lowest BCUT2D eigenvalue weighted by molar-refractivity contribution is -0.140. The molecule has 0 fully saturated rings. The molecule has 1 unspecified atom stereocenters. The number of hydrogen-bond donors (Lipinski definition) is 2. The van der Waals surface area contributed by atoms with Crippen LogP contribution in [0.4, 0.5) is 0 Å². The molecule has 1 rings (SSSR count). The minimum atomic E-state index is -1.56. The maximum Gasteiger partial charge on any atom is 0.337 e. The molecule has 1 atom stereocenters. The number of carbonyl (C=O) groups excluding carboxylic acids is 2. The Kier molecular flexibility index (Phi) is 4.89. The van der Waals surface area contributed by atoms with Crippen molar-refractivity contribution in [2.75, 3.05) is 0 Å². The number of esters is 1. The van der Waals surface area contributed by atoms with Crippen LogP contribution < -0.4 is 16.2 Å². The monoisotopic (exact) mass is 378 g/mol. The highest BCUT2D eigenvalue weighted by molar-refractivity contribution is 9.10. The maximum absolute atomic E-state index is 11.8. The van der Waals surface area contributed by atoms with E-state index in [1.165, 1.54) is 6.92 Å². The molecule has 1 aromatic rings. The lowest BCUT2D eigenvalue weighted by Crippen LogP contribution is -2.45. The van der Waals surface area contributed by atoms with Gasteiger partial charge in [-0.15, -0.1) is 0 Å². The molecule has 0 aliphatic heterocycles. The van der Waals surface area contributed by atoms with Crippen molar-refractivity contribution >= 4 is 43.7 Å². The number of nitrogens with two attached hydrogens (primary N) is 2. The first-order chi connectivity index (χ1) is 8.28. The van der Waals surface area contributed by atoms with Gasteiger partial charge in [0.05, 0.1) is 0 Å². The molecule has 0 aromatic heterocycles. The molecule has 4 N–H and O–H groups in total. The average molecular weight is 380 g/mol. The molecule has 0 radical (unpaired) electrons. The number of primary amides is 1. The average Bonchev–Trinajstić information content (AvgIpc) is 2.30. The Labute approximate surface area is 121 Å². The summed E-state index contributed by atoms with van der Waals surface area (Å²) < 4.78 is 4.39. The Balaban J connectivity index is 2.98. The first kappa shape index (κ1) is 15.1. The van der Waals surface area contributed by atoms with Crippen molar-refractivity contribution in [3.63, 3.8) is 0 Å². The van der Waals surface area contributed by atoms with Crippen LogP contribution >= 0.6 is 31.9 Å². The van der Waals surface area contributed by atoms with Gasteiger partial charge in [-0.25, -0.2) is 4.79 Å². The molecular weight excluding hydrogens is 368 g/mol. The topological polar surface area (TPSA) is 95.4 Å². The molecular formula is C11H12Br2N2O3. The van der Waals surface area contributed by atoms with Crippen LogP contribution in [0.2, 0.25) is 0 Å². The minimum Gasteiger partial charge on any atom is -0.425 e. The Morgan fingerprint density at radius 2 is 2.06 bits per heavy atom. The Bertz CT molecular complexity index is 489. The largest absolute Gasteiger partial charge is 0.425 e. The molecule has 0 aliphatic carbocycles. The second kappa shape index (κ2) is 5.81. The van der Waals surface area contributed by atoms with Crippen molar-refractivity contribution in [2.45, 2.75) is 17.8 Å². The van der Waals surface area contributed by atoms with Gasteiger partial charge in [0.15, 0.2) is 4.32 Å². The second-order valence-corrected chi connectivity index (χ2v) is 6.21. The number of halogens is 2. The van der Waals surface area contributed by atoms with Crippen molar-refractivity contribution in [1.82, 2.24) is 0 Å². The molecule has 1 aromatic carbocycles. The van der Waals surface area contributed by atoms with Crippen LogP contribution in [0.25, 0.3) is 0 Å². The number of carbonyl (C=O) groups is 2. The van der Waals surface area contributed by atoms with Gasteiger partial charge in [0.2, 0.25) is 5.91 Å². The van der Waals surface area contributed by atoms with Gasteiger partial charge in [-0.3, -0.25) is 4.79 Å². The fourth-order valence-corrected chi connectivity index (χ4v) is 1.59. The molecule has 98 valence electrons. The molecule has 5 nitrogen and oxygen atoms in total. The van der Waals surface area contributed by atoms with E-state index in [9.17, 15) is 9.59 Å². The summed E-state index contributed by atoms with van der Waals surface area (Å²) >= 11 is 6.23. The molecule has 1 amide bonds. The summed E-state index contributed by atoms with van der Waals surface area (Å²) in [5, 5.41) is 0. The first-order valence-corrected chi connectivity index (χ1v) is 6.57. The maximum atomic E-state index is 11.8. The lowest BCUT2D eigenvalue weighted by Gasteiger charge is -2.17. The summed E-state index contributed by atoms with van der Waals surface area (Å²) in [7, 11) is 0. The van der Waals surface area contributed by atoms with Crippen LogP contribution in [0.15, 0.2) is 22.7 Å². The molecule has 0 spiro atoms. The van der Waals surface area contributed by atoms with E-state index in [0.717, 1.165) is 4.47 Å². The van der Waals surface area contributed by atoms with Crippen molar-refractivity contribution in [3.8, 4) is 5.75 Å². The predicted octanol–water partition coefficient (Wildman–Crippen LogP) is 1.45. The van der Waals surface area contributed by atoms with Crippen LogP contribution in [0.3, 0.4) is 0 Å². The van der Waals surface area contributed by atoms with E-state index in [-0.39, 0.29) is 6.54 Å². The third-order valence-electron chi connectivity index (χ3n) is 2.29. The van der Waals surface area contributed by atoms with Crippen molar-refractivity contribution in [2.24, 2.45) is 11.5 Å². The summed E-state index contributed by atoms with van der Waals surface area (Å²) in [6.07, 6.45) is 0. The number of rotatable bonds is 4. The van der Waals surface area contributed by atoms with Gasteiger partial charge in [-0.1, -0.05) is 31.9 Å². The highest BCUT2D eigenvalue weighted by atomic mass is 79.9. The number of alkyl halides is 1.